The number of hydrogen-bond acceptors (Lipinski definition) is 7. The highest BCUT2D eigenvalue weighted by Gasteiger charge is 2.04. The molecule has 0 aromatic carbocycles. The van der Waals surface area contributed by atoms with E-state index in [1.54, 1.807) is 29.3 Å². The number of aliphatic imine (C=N–C) groups is 1. The molecule has 5 nitrogen and oxygen atoms in total. The van der Waals surface area contributed by atoms with Gasteiger partial charge in [-0.1, -0.05) is 0 Å². The summed E-state index contributed by atoms with van der Waals surface area (Å²) in [5.74, 6) is 1.75. The summed E-state index contributed by atoms with van der Waals surface area (Å²) in [5, 5.41) is 14.0. The number of nitrogens with zero attached hydrogens (tertiary/aromatic N) is 3. The molecule has 94 valence electrons. The quantitative estimate of drug-likeness (QED) is 0.254. The minimum Gasteiger partial charge on any atom is -0.275 e. The first-order valence-electron chi connectivity index (χ1n) is 4.87. The lowest BCUT2D eigenvalue weighted by Crippen LogP contribution is -2.11. The fourth-order valence-corrected chi connectivity index (χ4v) is 3.00. The van der Waals surface area contributed by atoms with Crippen molar-refractivity contribution in [3.05, 3.63) is 26.7 Å². The first kappa shape index (κ1) is 14.5. The number of thioether (sulfide) groups is 2. The second-order valence-electron chi connectivity index (χ2n) is 2.95. The van der Waals surface area contributed by atoms with Crippen molar-refractivity contribution in [1.29, 1.82) is 0 Å². The summed E-state index contributed by atoms with van der Waals surface area (Å²) >= 11 is 4.73. The third kappa shape index (κ3) is 6.64. The summed E-state index contributed by atoms with van der Waals surface area (Å²) in [6.07, 6.45) is 3.60. The van der Waals surface area contributed by atoms with Gasteiger partial charge in [-0.3, -0.25) is 15.1 Å². The summed E-state index contributed by atoms with van der Waals surface area (Å²) in [7, 11) is 0. The van der Waals surface area contributed by atoms with E-state index in [1.165, 1.54) is 11.8 Å². The monoisotopic (exact) mass is 291 g/mol. The zero-order valence-electron chi connectivity index (χ0n) is 9.37. The minimum atomic E-state index is -0.349. The minimum absolute atomic E-state index is 0.168. The van der Waals surface area contributed by atoms with E-state index in [0.29, 0.717) is 11.6 Å². The summed E-state index contributed by atoms with van der Waals surface area (Å²) in [5.41, 5.74) is 0. The molecule has 8 heteroatoms. The lowest BCUT2D eigenvalue weighted by atomic mass is 10.7. The Hall–Kier alpha value is -0.600. The lowest BCUT2D eigenvalue weighted by Gasteiger charge is -1.98. The zero-order valence-corrected chi connectivity index (χ0v) is 11.8. The highest BCUT2D eigenvalue weighted by molar-refractivity contribution is 8.13. The highest BCUT2D eigenvalue weighted by atomic mass is 32.2. The zero-order chi connectivity index (χ0) is 12.5. The summed E-state index contributed by atoms with van der Waals surface area (Å²) in [4.78, 5) is 18.3. The van der Waals surface area contributed by atoms with Crippen LogP contribution in [0.1, 0.15) is 5.01 Å². The molecule has 0 saturated heterocycles. The fraction of sp³-hybridized carbons (Fsp3) is 0.556. The Morgan fingerprint density at radius 3 is 3.12 bits per heavy atom. The maximum atomic E-state index is 10.3. The van der Waals surface area contributed by atoms with Gasteiger partial charge in [0.15, 0.2) is 0 Å². The Kier molecular flexibility index (Phi) is 7.22. The van der Waals surface area contributed by atoms with E-state index in [1.807, 2.05) is 11.6 Å². The molecule has 1 heterocycles. The van der Waals surface area contributed by atoms with Crippen molar-refractivity contribution in [3.8, 4) is 0 Å². The van der Waals surface area contributed by atoms with Gasteiger partial charge in [0, 0.05) is 34.6 Å². The average Bonchev–Trinajstić information content (AvgIpc) is 2.79. The van der Waals surface area contributed by atoms with Crippen LogP contribution < -0.4 is 0 Å². The van der Waals surface area contributed by atoms with Crippen LogP contribution in [-0.2, 0) is 5.75 Å². The number of rotatable bonds is 7. The van der Waals surface area contributed by atoms with Gasteiger partial charge >= 0.3 is 0 Å². The molecular formula is C9H13N3O2S3. The number of hydrogen-bond donors (Lipinski definition) is 0. The van der Waals surface area contributed by atoms with Gasteiger partial charge in [-0.15, -0.1) is 23.1 Å². The van der Waals surface area contributed by atoms with Crippen LogP contribution >= 0.6 is 34.9 Å². The molecule has 0 atom stereocenters. The standard InChI is InChI=1S/C9H13N3O2S3/c1-15-8(6-12(13)14)10-2-4-16-7-9-11-3-5-17-9/h3,5H,2,4,6-7H2,1H3. The molecule has 1 aromatic heterocycles. The van der Waals surface area contributed by atoms with Crippen LogP contribution in [-0.4, -0.2) is 40.0 Å². The van der Waals surface area contributed by atoms with Crippen LogP contribution in [0.5, 0.6) is 0 Å². The Balaban J connectivity index is 2.17. The first-order chi connectivity index (χ1) is 8.22. The molecule has 1 aromatic rings. The van der Waals surface area contributed by atoms with Gasteiger partial charge in [-0.2, -0.15) is 11.8 Å². The summed E-state index contributed by atoms with van der Waals surface area (Å²) in [6.45, 7) is 0.457. The molecule has 0 bridgehead atoms. The Morgan fingerprint density at radius 1 is 1.71 bits per heavy atom. The van der Waals surface area contributed by atoms with E-state index in [-0.39, 0.29) is 11.5 Å². The predicted octanol–water partition coefficient (Wildman–Crippen LogP) is 2.41. The number of nitro groups is 1. The molecule has 1 rings (SSSR count). The lowest BCUT2D eigenvalue weighted by molar-refractivity contribution is -0.462. The van der Waals surface area contributed by atoms with Crippen LogP contribution in [0.2, 0.25) is 0 Å². The van der Waals surface area contributed by atoms with Crippen LogP contribution in [0.3, 0.4) is 0 Å². The highest BCUT2D eigenvalue weighted by Crippen LogP contribution is 2.14. The third-order valence-electron chi connectivity index (χ3n) is 1.73. The van der Waals surface area contributed by atoms with Crippen LogP contribution in [0, 0.1) is 10.1 Å². The molecule has 0 fully saturated rings. The molecule has 0 spiro atoms. The van der Waals surface area contributed by atoms with Crippen molar-refractivity contribution in [1.82, 2.24) is 4.98 Å². The Bertz CT molecular complexity index is 368. The van der Waals surface area contributed by atoms with Crippen molar-refractivity contribution < 1.29 is 4.92 Å². The van der Waals surface area contributed by atoms with Crippen molar-refractivity contribution in [3.63, 3.8) is 0 Å². The second-order valence-corrected chi connectivity index (χ2v) is 5.91. The first-order valence-corrected chi connectivity index (χ1v) is 8.13. The van der Waals surface area contributed by atoms with Crippen LogP contribution in [0.4, 0.5) is 0 Å². The van der Waals surface area contributed by atoms with E-state index in [2.05, 4.69) is 9.98 Å². The van der Waals surface area contributed by atoms with Gasteiger partial charge in [0.1, 0.15) is 10.1 Å². The molecule has 0 unspecified atom stereocenters. The van der Waals surface area contributed by atoms with Crippen molar-refractivity contribution in [2.75, 3.05) is 25.1 Å². The van der Waals surface area contributed by atoms with E-state index >= 15 is 0 Å². The molecule has 0 amide bonds. The van der Waals surface area contributed by atoms with Crippen molar-refractivity contribution in [2.24, 2.45) is 4.99 Å². The molecule has 17 heavy (non-hydrogen) atoms. The largest absolute Gasteiger partial charge is 0.275 e. The maximum Gasteiger partial charge on any atom is 0.250 e. The molecule has 0 aliphatic heterocycles. The number of aromatic nitrogens is 1. The average molecular weight is 291 g/mol. The normalized spacial score (nSPS) is 11.7. The van der Waals surface area contributed by atoms with E-state index < -0.39 is 0 Å². The van der Waals surface area contributed by atoms with Gasteiger partial charge in [0.25, 0.3) is 6.54 Å². The van der Waals surface area contributed by atoms with Crippen molar-refractivity contribution in [2.45, 2.75) is 5.75 Å². The second kappa shape index (κ2) is 8.48. The van der Waals surface area contributed by atoms with Gasteiger partial charge in [-0.05, 0) is 6.26 Å². The van der Waals surface area contributed by atoms with Gasteiger partial charge in [0.2, 0.25) is 0 Å². The van der Waals surface area contributed by atoms with Gasteiger partial charge in [0.05, 0.1) is 0 Å². The molecule has 0 aliphatic carbocycles. The molecular weight excluding hydrogens is 278 g/mol. The maximum absolute atomic E-state index is 10.3. The fourth-order valence-electron chi connectivity index (χ4n) is 1.01. The van der Waals surface area contributed by atoms with Crippen LogP contribution in [0.15, 0.2) is 16.6 Å². The molecule has 0 radical (unpaired) electrons. The third-order valence-corrected chi connectivity index (χ3v) is 4.37. The number of thiazole rings is 1. The Labute approximate surface area is 112 Å². The van der Waals surface area contributed by atoms with E-state index in [0.717, 1.165) is 16.5 Å². The molecule has 0 N–H and O–H groups in total. The summed E-state index contributed by atoms with van der Waals surface area (Å²) in [6, 6.07) is 0. The summed E-state index contributed by atoms with van der Waals surface area (Å²) < 4.78 is 0. The van der Waals surface area contributed by atoms with E-state index in [9.17, 15) is 10.1 Å². The predicted molar refractivity (Wildman–Crippen MR) is 76.0 cm³/mol. The van der Waals surface area contributed by atoms with Crippen LogP contribution in [0.25, 0.3) is 0 Å². The smallest absolute Gasteiger partial charge is 0.250 e. The van der Waals surface area contributed by atoms with Gasteiger partial charge in [-0.25, -0.2) is 4.98 Å². The molecule has 0 saturated carbocycles. The van der Waals surface area contributed by atoms with E-state index in [4.69, 9.17) is 0 Å². The SMILES string of the molecule is CSC(C[N+](=O)[O-])=NCCSCc1nccs1. The Morgan fingerprint density at radius 2 is 2.53 bits per heavy atom. The topological polar surface area (TPSA) is 68.4 Å². The van der Waals surface area contributed by atoms with Crippen molar-refractivity contribution >= 4 is 39.9 Å². The van der Waals surface area contributed by atoms with Gasteiger partial charge < -0.3 is 0 Å². The molecule has 0 aliphatic rings.